The van der Waals surface area contributed by atoms with E-state index >= 15 is 0 Å². The summed E-state index contributed by atoms with van der Waals surface area (Å²) >= 11 is 6.20. The smallest absolute Gasteiger partial charge is 0.315 e. The van der Waals surface area contributed by atoms with E-state index in [1.807, 2.05) is 29.8 Å². The molecule has 1 aromatic carbocycles. The largest absolute Gasteiger partial charge is 0.481 e. The number of hydrogen-bond donors (Lipinski definition) is 3. The summed E-state index contributed by atoms with van der Waals surface area (Å²) in [5.74, 6) is -0.317. The van der Waals surface area contributed by atoms with Gasteiger partial charge < -0.3 is 20.3 Å². The normalized spacial score (nSPS) is 20.4. The Kier molecular flexibility index (Phi) is 5.13. The molecule has 2 amide bonds. The average Bonchev–Trinajstić information content (AvgIpc) is 2.91. The third-order valence-corrected chi connectivity index (χ3v) is 5.06. The van der Waals surface area contributed by atoms with Crippen molar-refractivity contribution in [3.8, 4) is 0 Å². The number of carbonyl (C=O) groups excluding carboxylic acids is 1. The lowest BCUT2D eigenvalue weighted by atomic mass is 9.86. The molecule has 0 unspecified atom stereocenters. The number of carboxylic acids is 1. The first kappa shape index (κ1) is 17.5. The molecule has 0 radical (unpaired) electrons. The topological polar surface area (TPSA) is 96.2 Å². The predicted octanol–water partition coefficient (Wildman–Crippen LogP) is 2.67. The summed E-state index contributed by atoms with van der Waals surface area (Å²) in [5, 5.41) is 15.3. The second kappa shape index (κ2) is 7.31. The highest BCUT2D eigenvalue weighted by Gasteiger charge is 2.26. The summed E-state index contributed by atoms with van der Waals surface area (Å²) in [6, 6.07) is 5.28. The first-order chi connectivity index (χ1) is 12.0. The molecule has 25 heavy (non-hydrogen) atoms. The van der Waals surface area contributed by atoms with Gasteiger partial charge in [0, 0.05) is 13.1 Å². The SMILES string of the molecule is Cn1c(CNC(=O)NC2CCC(C(=O)O)CC2)nc2cccc(Cl)c21. The van der Waals surface area contributed by atoms with Crippen molar-refractivity contribution in [2.45, 2.75) is 38.3 Å². The summed E-state index contributed by atoms with van der Waals surface area (Å²) in [4.78, 5) is 27.5. The average molecular weight is 365 g/mol. The fourth-order valence-corrected chi connectivity index (χ4v) is 3.60. The van der Waals surface area contributed by atoms with Crippen molar-refractivity contribution in [2.24, 2.45) is 13.0 Å². The van der Waals surface area contributed by atoms with Gasteiger partial charge in [0.1, 0.15) is 5.82 Å². The molecule has 1 aliphatic rings. The molecule has 1 saturated carbocycles. The molecule has 0 atom stereocenters. The standard InChI is InChI=1S/C17H21ClN4O3/c1-22-14(21-13-4-2-3-12(18)15(13)22)9-19-17(25)20-11-7-5-10(6-8-11)16(23)24/h2-4,10-11H,5-9H2,1H3,(H,23,24)(H2,19,20,25). The van der Waals surface area contributed by atoms with Crippen LogP contribution in [-0.4, -0.2) is 32.7 Å². The summed E-state index contributed by atoms with van der Waals surface area (Å²) in [6.07, 6.45) is 2.58. The van der Waals surface area contributed by atoms with E-state index in [9.17, 15) is 9.59 Å². The number of aromatic nitrogens is 2. The van der Waals surface area contributed by atoms with E-state index in [-0.39, 0.29) is 24.5 Å². The molecular weight excluding hydrogens is 344 g/mol. The van der Waals surface area contributed by atoms with Gasteiger partial charge in [-0.15, -0.1) is 0 Å². The van der Waals surface area contributed by atoms with Gasteiger partial charge in [-0.2, -0.15) is 0 Å². The fraction of sp³-hybridized carbons (Fsp3) is 0.471. The van der Waals surface area contributed by atoms with Crippen molar-refractivity contribution in [1.29, 1.82) is 0 Å². The number of halogens is 1. The minimum atomic E-state index is -0.747. The van der Waals surface area contributed by atoms with E-state index in [0.29, 0.717) is 36.5 Å². The maximum absolute atomic E-state index is 12.1. The highest BCUT2D eigenvalue weighted by molar-refractivity contribution is 6.35. The number of imidazole rings is 1. The van der Waals surface area contributed by atoms with Crippen molar-refractivity contribution in [2.75, 3.05) is 0 Å². The summed E-state index contributed by atoms with van der Waals surface area (Å²) in [6.45, 7) is 0.289. The van der Waals surface area contributed by atoms with E-state index in [1.54, 1.807) is 0 Å². The number of rotatable bonds is 4. The van der Waals surface area contributed by atoms with Gasteiger partial charge in [-0.3, -0.25) is 4.79 Å². The Morgan fingerprint density at radius 1 is 1.32 bits per heavy atom. The van der Waals surface area contributed by atoms with Crippen LogP contribution < -0.4 is 10.6 Å². The summed E-state index contributed by atoms with van der Waals surface area (Å²) in [5.41, 5.74) is 1.63. The van der Waals surface area contributed by atoms with E-state index in [0.717, 1.165) is 11.0 Å². The maximum Gasteiger partial charge on any atom is 0.315 e. The number of amides is 2. The molecule has 0 saturated heterocycles. The number of carboxylic acid groups (broad SMARTS) is 1. The second-order valence-corrected chi connectivity index (χ2v) is 6.82. The first-order valence-electron chi connectivity index (χ1n) is 8.32. The van der Waals surface area contributed by atoms with Crippen LogP contribution >= 0.6 is 11.6 Å². The quantitative estimate of drug-likeness (QED) is 0.777. The zero-order valence-electron chi connectivity index (χ0n) is 14.0. The van der Waals surface area contributed by atoms with Crippen molar-refractivity contribution >= 4 is 34.6 Å². The minimum Gasteiger partial charge on any atom is -0.481 e. The monoisotopic (exact) mass is 364 g/mol. The highest BCUT2D eigenvalue weighted by atomic mass is 35.5. The van der Waals surface area contributed by atoms with Gasteiger partial charge in [-0.05, 0) is 37.8 Å². The number of urea groups is 1. The zero-order valence-corrected chi connectivity index (χ0v) is 14.7. The minimum absolute atomic E-state index is 0.0190. The number of aryl methyl sites for hydroxylation is 1. The number of benzene rings is 1. The molecule has 2 aromatic rings. The van der Waals surface area contributed by atoms with Gasteiger partial charge >= 0.3 is 12.0 Å². The number of para-hydroxylation sites is 1. The number of carbonyl (C=O) groups is 2. The number of nitrogens with zero attached hydrogens (tertiary/aromatic N) is 2. The molecule has 8 heteroatoms. The van der Waals surface area contributed by atoms with Crippen LogP contribution in [0, 0.1) is 5.92 Å². The maximum atomic E-state index is 12.1. The Hall–Kier alpha value is -2.28. The van der Waals surface area contributed by atoms with Crippen molar-refractivity contribution in [3.05, 3.63) is 29.0 Å². The molecule has 0 bridgehead atoms. The molecule has 0 aliphatic heterocycles. The van der Waals surface area contributed by atoms with Gasteiger partial charge in [0.05, 0.1) is 28.5 Å². The van der Waals surface area contributed by atoms with Gasteiger partial charge in [0.2, 0.25) is 0 Å². The van der Waals surface area contributed by atoms with Crippen LogP contribution in [0.4, 0.5) is 4.79 Å². The molecular formula is C17H21ClN4O3. The van der Waals surface area contributed by atoms with Crippen LogP contribution in [0.5, 0.6) is 0 Å². The van der Waals surface area contributed by atoms with Gasteiger partial charge in [-0.1, -0.05) is 17.7 Å². The lowest BCUT2D eigenvalue weighted by molar-refractivity contribution is -0.142. The lowest BCUT2D eigenvalue weighted by Gasteiger charge is -2.26. The number of nitrogens with one attached hydrogen (secondary N) is 2. The number of aliphatic carboxylic acids is 1. The molecule has 3 rings (SSSR count). The predicted molar refractivity (Wildman–Crippen MR) is 94.5 cm³/mol. The van der Waals surface area contributed by atoms with Crippen LogP contribution in [0.15, 0.2) is 18.2 Å². The molecule has 1 aromatic heterocycles. The van der Waals surface area contributed by atoms with Crippen molar-refractivity contribution < 1.29 is 14.7 Å². The van der Waals surface area contributed by atoms with E-state index in [4.69, 9.17) is 16.7 Å². The highest BCUT2D eigenvalue weighted by Crippen LogP contribution is 2.25. The molecule has 0 spiro atoms. The third kappa shape index (κ3) is 3.87. The van der Waals surface area contributed by atoms with E-state index < -0.39 is 5.97 Å². The van der Waals surface area contributed by atoms with E-state index in [2.05, 4.69) is 15.6 Å². The molecule has 134 valence electrons. The van der Waals surface area contributed by atoms with Crippen LogP contribution in [0.1, 0.15) is 31.5 Å². The van der Waals surface area contributed by atoms with Gasteiger partial charge in [0.15, 0.2) is 0 Å². The Bertz CT molecular complexity index is 797. The Morgan fingerprint density at radius 3 is 2.68 bits per heavy atom. The Balaban J connectivity index is 1.54. The van der Waals surface area contributed by atoms with Gasteiger partial charge in [0.25, 0.3) is 0 Å². The Morgan fingerprint density at radius 2 is 2.04 bits per heavy atom. The molecule has 1 aliphatic carbocycles. The Labute approximate surface area is 150 Å². The second-order valence-electron chi connectivity index (χ2n) is 6.41. The van der Waals surface area contributed by atoms with Crippen molar-refractivity contribution in [1.82, 2.24) is 20.2 Å². The van der Waals surface area contributed by atoms with Gasteiger partial charge in [-0.25, -0.2) is 9.78 Å². The number of hydrogen-bond acceptors (Lipinski definition) is 3. The first-order valence-corrected chi connectivity index (χ1v) is 8.70. The number of fused-ring (bicyclic) bond motifs is 1. The zero-order chi connectivity index (χ0) is 18.0. The van der Waals surface area contributed by atoms with Crippen LogP contribution in [-0.2, 0) is 18.4 Å². The molecule has 1 fully saturated rings. The van der Waals surface area contributed by atoms with Crippen molar-refractivity contribution in [3.63, 3.8) is 0 Å². The molecule has 3 N–H and O–H groups in total. The third-order valence-electron chi connectivity index (χ3n) is 4.76. The fourth-order valence-electron chi connectivity index (χ4n) is 3.31. The van der Waals surface area contributed by atoms with E-state index in [1.165, 1.54) is 0 Å². The molecule has 1 heterocycles. The van der Waals surface area contributed by atoms with Crippen LogP contribution in [0.2, 0.25) is 5.02 Å². The van der Waals surface area contributed by atoms with Crippen LogP contribution in [0.25, 0.3) is 11.0 Å². The molecule has 7 nitrogen and oxygen atoms in total. The summed E-state index contributed by atoms with van der Waals surface area (Å²) < 4.78 is 1.87. The lowest BCUT2D eigenvalue weighted by Crippen LogP contribution is -2.44. The summed E-state index contributed by atoms with van der Waals surface area (Å²) in [7, 11) is 1.86. The van der Waals surface area contributed by atoms with Crippen LogP contribution in [0.3, 0.4) is 0 Å².